The highest BCUT2D eigenvalue weighted by atomic mass is 31.1. The molecule has 0 fully saturated rings. The summed E-state index contributed by atoms with van der Waals surface area (Å²) < 4.78 is 0. The summed E-state index contributed by atoms with van der Waals surface area (Å²) in [6, 6.07) is 36.1. The van der Waals surface area contributed by atoms with Gasteiger partial charge < -0.3 is 0 Å². The Hall–Kier alpha value is -2.52. The largest absolute Gasteiger partial charge is 0.0772 e. The van der Waals surface area contributed by atoms with Gasteiger partial charge in [-0.2, -0.15) is 0 Å². The van der Waals surface area contributed by atoms with Gasteiger partial charge in [-0.15, -0.1) is 0 Å². The van der Waals surface area contributed by atoms with Crippen molar-refractivity contribution in [3.8, 4) is 10.6 Å². The summed E-state index contributed by atoms with van der Waals surface area (Å²) in [5, 5.41) is 12.2. The van der Waals surface area contributed by atoms with Gasteiger partial charge in [0.15, 0.2) is 0 Å². The lowest BCUT2D eigenvalue weighted by molar-refractivity contribution is 1.76. The van der Waals surface area contributed by atoms with Crippen molar-refractivity contribution in [1.82, 2.24) is 0 Å². The number of rotatable bonds is 2. The van der Waals surface area contributed by atoms with E-state index in [1.165, 1.54) is 10.6 Å². The second-order valence-electron chi connectivity index (χ2n) is 6.68. The van der Waals surface area contributed by atoms with Gasteiger partial charge in [0.05, 0.1) is 0 Å². The summed E-state index contributed by atoms with van der Waals surface area (Å²) in [6.07, 6.45) is 0. The molecule has 0 saturated heterocycles. The van der Waals surface area contributed by atoms with Crippen LogP contribution < -0.4 is 0 Å². The third kappa shape index (κ3) is 1.87. The third-order valence-electron chi connectivity index (χ3n) is 5.28. The van der Waals surface area contributed by atoms with Crippen molar-refractivity contribution in [3.05, 3.63) is 97.1 Å². The van der Waals surface area contributed by atoms with E-state index in [1.807, 2.05) is 0 Å². The molecule has 0 saturated carbocycles. The Bertz CT molecular complexity index is 1190. The van der Waals surface area contributed by atoms with Crippen molar-refractivity contribution in [2.75, 3.05) is 0 Å². The van der Waals surface area contributed by atoms with Crippen LogP contribution in [0.5, 0.6) is 0 Å². The molecule has 4 aromatic carbocycles. The molecule has 0 radical (unpaired) electrons. The normalized spacial score (nSPS) is 11.8. The van der Waals surface area contributed by atoms with E-state index in [2.05, 4.69) is 97.1 Å². The number of hydrogen-bond donors (Lipinski definition) is 0. The summed E-state index contributed by atoms with van der Waals surface area (Å²) in [4.78, 5) is 0. The van der Waals surface area contributed by atoms with Gasteiger partial charge >= 0.3 is 0 Å². The maximum Gasteiger partial charge on any atom is 0.00781 e. The first kappa shape index (κ1) is 14.6. The smallest absolute Gasteiger partial charge is 0.00781 e. The van der Waals surface area contributed by atoms with E-state index in [0.29, 0.717) is 0 Å². The fraction of sp³-hybridized carbons (Fsp3) is 0. The average Bonchev–Trinajstić information content (AvgIpc) is 3.23. The van der Waals surface area contributed by atoms with Crippen LogP contribution in [0, 0.1) is 0 Å². The van der Waals surface area contributed by atoms with Gasteiger partial charge in [0, 0.05) is 31.2 Å². The van der Waals surface area contributed by atoms with Gasteiger partial charge in [-0.3, -0.25) is 0 Å². The molecule has 0 aliphatic heterocycles. The molecule has 0 unspecified atom stereocenters. The van der Waals surface area contributed by atoms with Gasteiger partial charge in [0.2, 0.25) is 0 Å². The lowest BCUT2D eigenvalue weighted by Gasteiger charge is -2.08. The Morgan fingerprint density at radius 3 is 1.04 bits per heavy atom. The van der Waals surface area contributed by atoms with E-state index in [-0.39, 0.29) is 0 Å². The second-order valence-corrected chi connectivity index (χ2v) is 11.0. The molecule has 6 aromatic rings. The minimum absolute atomic E-state index is 0.425. The standard InChI is InChI=1S/C24H16P2/c1-3-9-17(10-4-1)25-19-13-7-15-21-23(19)24-20(25)14-8-16-22(24)26(21)18-11-5-2-6-12-18/h1-16H. The SMILES string of the molecule is c1ccc(-p2c3cccc4c3c3c2cccc3p4-c2ccccc2)cc1. The minimum atomic E-state index is -0.425. The van der Waals surface area contributed by atoms with Crippen LogP contribution in [0.1, 0.15) is 0 Å². The fourth-order valence-corrected chi connectivity index (χ4v) is 9.80. The molecule has 0 bridgehead atoms. The van der Waals surface area contributed by atoms with E-state index in [1.54, 1.807) is 31.2 Å². The molecular formula is C24H16P2. The molecule has 0 nitrogen and oxygen atoms in total. The Balaban J connectivity index is 1.85. The molecule has 6 rings (SSSR count). The summed E-state index contributed by atoms with van der Waals surface area (Å²) >= 11 is 0. The molecule has 122 valence electrons. The number of hydrogen-bond acceptors (Lipinski definition) is 0. The van der Waals surface area contributed by atoms with Gasteiger partial charge in [-0.25, -0.2) is 0 Å². The van der Waals surface area contributed by atoms with Crippen LogP contribution in [0.2, 0.25) is 0 Å². The maximum atomic E-state index is 2.37. The highest BCUT2D eigenvalue weighted by molar-refractivity contribution is 7.71. The van der Waals surface area contributed by atoms with Crippen molar-refractivity contribution >= 4 is 46.3 Å². The first-order chi connectivity index (χ1) is 12.9. The van der Waals surface area contributed by atoms with Crippen molar-refractivity contribution in [1.29, 1.82) is 0 Å². The molecule has 0 amide bonds. The lowest BCUT2D eigenvalue weighted by atomic mass is 10.2. The van der Waals surface area contributed by atoms with E-state index < -0.39 is 15.1 Å². The van der Waals surface area contributed by atoms with Crippen LogP contribution in [0.15, 0.2) is 97.1 Å². The predicted octanol–water partition coefficient (Wildman–Crippen LogP) is 8.54. The van der Waals surface area contributed by atoms with Crippen LogP contribution >= 0.6 is 15.1 Å². The van der Waals surface area contributed by atoms with Gasteiger partial charge in [-0.05, 0) is 34.9 Å². The molecule has 0 atom stereocenters. The Labute approximate surface area is 154 Å². The molecule has 0 aliphatic carbocycles. The summed E-state index contributed by atoms with van der Waals surface area (Å²) in [7, 11) is -0.850. The molecule has 0 N–H and O–H groups in total. The van der Waals surface area contributed by atoms with Gasteiger partial charge in [0.1, 0.15) is 0 Å². The quantitative estimate of drug-likeness (QED) is 0.288. The zero-order valence-electron chi connectivity index (χ0n) is 14.1. The molecule has 0 spiro atoms. The van der Waals surface area contributed by atoms with Crippen LogP contribution in [0.3, 0.4) is 0 Å². The molecule has 2 heteroatoms. The summed E-state index contributed by atoms with van der Waals surface area (Å²) in [6.45, 7) is 0. The van der Waals surface area contributed by atoms with Crippen LogP contribution in [-0.2, 0) is 0 Å². The highest BCUT2D eigenvalue weighted by Gasteiger charge is 2.22. The summed E-state index contributed by atoms with van der Waals surface area (Å²) in [5.41, 5.74) is 0. The molecular weight excluding hydrogens is 350 g/mol. The van der Waals surface area contributed by atoms with E-state index in [9.17, 15) is 0 Å². The third-order valence-corrected chi connectivity index (χ3v) is 10.3. The zero-order chi connectivity index (χ0) is 17.1. The fourth-order valence-electron chi connectivity index (χ4n) is 4.28. The Morgan fingerprint density at radius 2 is 0.692 bits per heavy atom. The van der Waals surface area contributed by atoms with Crippen LogP contribution in [-0.4, -0.2) is 0 Å². The highest BCUT2D eigenvalue weighted by Crippen LogP contribution is 2.65. The van der Waals surface area contributed by atoms with Crippen LogP contribution in [0.25, 0.3) is 41.9 Å². The molecule has 2 aromatic heterocycles. The molecule has 2 heterocycles. The maximum absolute atomic E-state index is 2.37. The minimum Gasteiger partial charge on any atom is -0.0772 e. The Kier molecular flexibility index (Phi) is 3.09. The Morgan fingerprint density at radius 1 is 0.346 bits per heavy atom. The van der Waals surface area contributed by atoms with E-state index >= 15 is 0 Å². The van der Waals surface area contributed by atoms with Crippen molar-refractivity contribution in [2.24, 2.45) is 0 Å². The van der Waals surface area contributed by atoms with Gasteiger partial charge in [-0.1, -0.05) is 87.9 Å². The lowest BCUT2D eigenvalue weighted by Crippen LogP contribution is -1.69. The van der Waals surface area contributed by atoms with Crippen molar-refractivity contribution < 1.29 is 0 Å². The molecule has 26 heavy (non-hydrogen) atoms. The summed E-state index contributed by atoms with van der Waals surface area (Å²) in [5.74, 6) is 0. The van der Waals surface area contributed by atoms with E-state index in [0.717, 1.165) is 0 Å². The first-order valence-electron chi connectivity index (χ1n) is 8.90. The first-order valence-corrected chi connectivity index (χ1v) is 11.6. The van der Waals surface area contributed by atoms with Crippen LogP contribution in [0.4, 0.5) is 0 Å². The second kappa shape index (κ2) is 5.49. The topological polar surface area (TPSA) is 0 Å². The van der Waals surface area contributed by atoms with Crippen molar-refractivity contribution in [3.63, 3.8) is 0 Å². The monoisotopic (exact) mass is 366 g/mol. The van der Waals surface area contributed by atoms with Crippen molar-refractivity contribution in [2.45, 2.75) is 0 Å². The molecule has 0 aliphatic rings. The van der Waals surface area contributed by atoms with Gasteiger partial charge in [0.25, 0.3) is 0 Å². The van der Waals surface area contributed by atoms with E-state index in [4.69, 9.17) is 0 Å². The zero-order valence-corrected chi connectivity index (χ0v) is 15.9. The predicted molar refractivity (Wildman–Crippen MR) is 118 cm³/mol. The average molecular weight is 366 g/mol. The number of benzene rings is 4.